The van der Waals surface area contributed by atoms with Crippen LogP contribution in [0.3, 0.4) is 0 Å². The van der Waals surface area contributed by atoms with E-state index < -0.39 is 0 Å². The number of hydrogen-bond acceptors (Lipinski definition) is 4. The first-order chi connectivity index (χ1) is 24.3. The van der Waals surface area contributed by atoms with Gasteiger partial charge in [-0.25, -0.2) is 9.97 Å². The van der Waals surface area contributed by atoms with E-state index in [1.807, 2.05) is 60.7 Å². The Morgan fingerprint density at radius 1 is 0.429 bits per heavy atom. The first kappa shape index (κ1) is 27.4. The number of ether oxygens (including phenoxy) is 2. The fraction of sp³-hybridized carbons (Fsp3) is 0. The Bertz CT molecular complexity index is 2660. The molecule has 0 radical (unpaired) electrons. The van der Waals surface area contributed by atoms with Crippen molar-refractivity contribution in [3.63, 3.8) is 0 Å². The molecule has 1 aliphatic heterocycles. The van der Waals surface area contributed by atoms with Crippen molar-refractivity contribution in [2.45, 2.75) is 0 Å². The lowest BCUT2D eigenvalue weighted by Gasteiger charge is -2.23. The van der Waals surface area contributed by atoms with E-state index in [0.717, 1.165) is 72.1 Å². The summed E-state index contributed by atoms with van der Waals surface area (Å²) in [6.07, 6.45) is 0. The predicted octanol–water partition coefficient (Wildman–Crippen LogP) is 11.6. The third-order valence-corrected chi connectivity index (χ3v) is 9.25. The highest BCUT2D eigenvalue weighted by Crippen LogP contribution is 2.53. The summed E-state index contributed by atoms with van der Waals surface area (Å²) >= 11 is 0. The summed E-state index contributed by atoms with van der Waals surface area (Å²) in [6.45, 7) is 0. The van der Waals surface area contributed by atoms with Crippen molar-refractivity contribution >= 4 is 32.6 Å². The Morgan fingerprint density at radius 3 is 1.84 bits per heavy atom. The molecular formula is C44H27N3O2. The van der Waals surface area contributed by atoms with Crippen molar-refractivity contribution in [1.29, 1.82) is 0 Å². The molecule has 5 nitrogen and oxygen atoms in total. The maximum atomic E-state index is 6.87. The van der Waals surface area contributed by atoms with E-state index in [2.05, 4.69) is 108 Å². The smallest absolute Gasteiger partial charge is 0.194 e. The zero-order chi connectivity index (χ0) is 32.3. The Labute approximate surface area is 282 Å². The van der Waals surface area contributed by atoms with Crippen molar-refractivity contribution in [1.82, 2.24) is 14.5 Å². The van der Waals surface area contributed by atoms with Crippen molar-refractivity contribution in [2.24, 2.45) is 0 Å². The van der Waals surface area contributed by atoms with E-state index in [0.29, 0.717) is 23.1 Å². The second-order valence-corrected chi connectivity index (χ2v) is 12.2. The van der Waals surface area contributed by atoms with Crippen LogP contribution in [0, 0.1) is 0 Å². The van der Waals surface area contributed by atoms with Crippen molar-refractivity contribution < 1.29 is 9.47 Å². The van der Waals surface area contributed by atoms with Gasteiger partial charge in [0.05, 0.1) is 16.9 Å². The molecule has 0 spiro atoms. The average Bonchev–Trinajstić information content (AvgIpc) is 3.52. The minimum absolute atomic E-state index is 0.657. The summed E-state index contributed by atoms with van der Waals surface area (Å²) < 4.78 is 15.7. The molecule has 0 saturated carbocycles. The summed E-state index contributed by atoms with van der Waals surface area (Å²) in [5, 5.41) is 4.32. The third-order valence-electron chi connectivity index (χ3n) is 9.25. The van der Waals surface area contributed by atoms with Gasteiger partial charge in [0.1, 0.15) is 5.52 Å². The number of benzene rings is 7. The van der Waals surface area contributed by atoms with Crippen LogP contribution in [0.1, 0.15) is 0 Å². The fourth-order valence-corrected chi connectivity index (χ4v) is 6.96. The lowest BCUT2D eigenvalue weighted by molar-refractivity contribution is 0.366. The van der Waals surface area contributed by atoms with Crippen molar-refractivity contribution in [3.8, 4) is 62.6 Å². The molecule has 10 rings (SSSR count). The van der Waals surface area contributed by atoms with Gasteiger partial charge in [-0.1, -0.05) is 121 Å². The van der Waals surface area contributed by atoms with E-state index >= 15 is 0 Å². The van der Waals surface area contributed by atoms with Gasteiger partial charge >= 0.3 is 0 Å². The van der Waals surface area contributed by atoms with E-state index in [1.54, 1.807) is 0 Å². The normalized spacial score (nSPS) is 12.0. The molecule has 0 atom stereocenters. The van der Waals surface area contributed by atoms with Crippen LogP contribution in [0.15, 0.2) is 164 Å². The average molecular weight is 630 g/mol. The van der Waals surface area contributed by atoms with Crippen LogP contribution >= 0.6 is 0 Å². The molecule has 0 aliphatic carbocycles. The summed E-state index contributed by atoms with van der Waals surface area (Å²) in [5.41, 5.74) is 7.72. The number of rotatable bonds is 4. The molecule has 0 fully saturated rings. The molecule has 0 unspecified atom stereocenters. The quantitative estimate of drug-likeness (QED) is 0.194. The lowest BCUT2D eigenvalue weighted by atomic mass is 10.1. The van der Waals surface area contributed by atoms with E-state index in [-0.39, 0.29) is 0 Å². The van der Waals surface area contributed by atoms with Crippen LogP contribution in [0.2, 0.25) is 0 Å². The van der Waals surface area contributed by atoms with Crippen LogP contribution < -0.4 is 9.47 Å². The van der Waals surface area contributed by atoms with E-state index in [1.165, 1.54) is 0 Å². The number of fused-ring (bicyclic) bond motifs is 8. The highest BCUT2D eigenvalue weighted by atomic mass is 16.6. The number of para-hydroxylation sites is 1. The minimum atomic E-state index is 0.657. The van der Waals surface area contributed by atoms with Gasteiger partial charge in [-0.05, 0) is 47.9 Å². The molecule has 0 bridgehead atoms. The molecule has 2 aromatic heterocycles. The molecule has 0 N–H and O–H groups in total. The number of aromatic nitrogens is 3. The predicted molar refractivity (Wildman–Crippen MR) is 197 cm³/mol. The fourth-order valence-electron chi connectivity index (χ4n) is 6.96. The summed E-state index contributed by atoms with van der Waals surface area (Å²) in [6, 6.07) is 55.9. The summed E-state index contributed by atoms with van der Waals surface area (Å²) in [4.78, 5) is 10.2. The number of nitrogens with zero attached hydrogens (tertiary/aromatic N) is 3. The lowest BCUT2D eigenvalue weighted by Crippen LogP contribution is -2.03. The molecule has 0 saturated heterocycles. The molecule has 9 aromatic rings. The summed E-state index contributed by atoms with van der Waals surface area (Å²) in [5.74, 6) is 3.46. The SMILES string of the molecule is c1ccc(-c2cc(-c3ccccc3)nc(-c3cccc(-n4c5ccccc5c5ccc6c(c54)Oc4c(ccc5ccccc45)O6)c3)n2)cc1. The zero-order valence-electron chi connectivity index (χ0n) is 26.2. The minimum Gasteiger partial charge on any atom is -0.449 e. The van der Waals surface area contributed by atoms with E-state index in [4.69, 9.17) is 19.4 Å². The van der Waals surface area contributed by atoms with Gasteiger partial charge in [0.2, 0.25) is 0 Å². The Kier molecular flexibility index (Phi) is 6.11. The standard InChI is InChI=1S/C44H27N3O2/c1-3-13-29(14-4-1)36-27-37(30-15-5-2-6-16-30)46-44(45-36)31-17-11-18-32(26-31)47-38-21-10-9-20-34(38)35-23-25-40-43(41(35)47)49-42-33-19-8-7-12-28(33)22-24-39(42)48-40/h1-27H. The molecule has 0 amide bonds. The first-order valence-corrected chi connectivity index (χ1v) is 16.3. The van der Waals surface area contributed by atoms with E-state index in [9.17, 15) is 0 Å². The number of hydrogen-bond donors (Lipinski definition) is 0. The second-order valence-electron chi connectivity index (χ2n) is 12.2. The topological polar surface area (TPSA) is 49.2 Å². The Balaban J connectivity index is 1.19. The van der Waals surface area contributed by atoms with Crippen LogP contribution in [0.25, 0.3) is 72.2 Å². The van der Waals surface area contributed by atoms with Crippen LogP contribution in [-0.4, -0.2) is 14.5 Å². The highest BCUT2D eigenvalue weighted by molar-refractivity contribution is 6.12. The van der Waals surface area contributed by atoms with Crippen LogP contribution in [0.4, 0.5) is 0 Å². The van der Waals surface area contributed by atoms with Gasteiger partial charge in [-0.3, -0.25) is 0 Å². The summed E-state index contributed by atoms with van der Waals surface area (Å²) in [7, 11) is 0. The molecule has 7 aromatic carbocycles. The van der Waals surface area contributed by atoms with Gasteiger partial charge in [0.25, 0.3) is 0 Å². The van der Waals surface area contributed by atoms with Gasteiger partial charge in [-0.2, -0.15) is 0 Å². The van der Waals surface area contributed by atoms with Gasteiger partial charge in [-0.15, -0.1) is 0 Å². The Morgan fingerprint density at radius 2 is 1.06 bits per heavy atom. The van der Waals surface area contributed by atoms with Crippen LogP contribution in [-0.2, 0) is 0 Å². The zero-order valence-corrected chi connectivity index (χ0v) is 26.2. The maximum Gasteiger partial charge on any atom is 0.194 e. The van der Waals surface area contributed by atoms with Gasteiger partial charge < -0.3 is 14.0 Å². The van der Waals surface area contributed by atoms with Crippen molar-refractivity contribution in [2.75, 3.05) is 0 Å². The first-order valence-electron chi connectivity index (χ1n) is 16.3. The second kappa shape index (κ2) is 10.9. The van der Waals surface area contributed by atoms with Crippen LogP contribution in [0.5, 0.6) is 23.0 Å². The monoisotopic (exact) mass is 629 g/mol. The molecule has 230 valence electrons. The van der Waals surface area contributed by atoms with Crippen molar-refractivity contribution in [3.05, 3.63) is 164 Å². The molecular weight excluding hydrogens is 603 g/mol. The van der Waals surface area contributed by atoms with Gasteiger partial charge in [0.15, 0.2) is 28.8 Å². The third kappa shape index (κ3) is 4.48. The molecule has 3 heterocycles. The largest absolute Gasteiger partial charge is 0.449 e. The molecule has 49 heavy (non-hydrogen) atoms. The maximum absolute atomic E-state index is 6.87. The van der Waals surface area contributed by atoms with Gasteiger partial charge in [0, 0.05) is 38.5 Å². The molecule has 5 heteroatoms. The molecule has 1 aliphatic rings. The highest BCUT2D eigenvalue weighted by Gasteiger charge is 2.27. The Hall–Kier alpha value is -6.72.